The van der Waals surface area contributed by atoms with E-state index in [1.165, 1.54) is 38.5 Å². The van der Waals surface area contributed by atoms with Crippen LogP contribution >= 0.6 is 0 Å². The van der Waals surface area contributed by atoms with Crippen LogP contribution in [0, 0.1) is 11.3 Å². The van der Waals surface area contributed by atoms with Crippen molar-refractivity contribution in [3.8, 4) is 0 Å². The first-order chi connectivity index (χ1) is 5.70. The lowest BCUT2D eigenvalue weighted by atomic mass is 9.62. The van der Waals surface area contributed by atoms with Gasteiger partial charge in [-0.25, -0.2) is 0 Å². The molecule has 0 spiro atoms. The molecule has 1 fully saturated rings. The number of rotatable bonds is 5. The number of hydrogen-bond acceptors (Lipinski definition) is 0. The fraction of sp³-hybridized carbons (Fsp3) is 0.833. The maximum absolute atomic E-state index is 3.89. The highest BCUT2D eigenvalue weighted by molar-refractivity contribution is 5.01. The molecular weight excluding hydrogens is 144 g/mol. The van der Waals surface area contributed by atoms with E-state index in [4.69, 9.17) is 0 Å². The van der Waals surface area contributed by atoms with E-state index >= 15 is 0 Å². The standard InChI is InChI=1S/C12H22/c1-4-6-7-8-11-9-12(3,5-2)10-11/h5,11H,2,4,6-10H2,1,3H3. The summed E-state index contributed by atoms with van der Waals surface area (Å²) in [6.07, 6.45) is 10.6. The van der Waals surface area contributed by atoms with Crippen LogP contribution in [0.25, 0.3) is 0 Å². The summed E-state index contributed by atoms with van der Waals surface area (Å²) in [4.78, 5) is 0. The molecule has 0 aromatic heterocycles. The predicted octanol–water partition coefficient (Wildman–Crippen LogP) is 4.17. The number of unbranched alkanes of at least 4 members (excludes halogenated alkanes) is 2. The third kappa shape index (κ3) is 2.36. The third-order valence-corrected chi connectivity index (χ3v) is 3.22. The number of hydrogen-bond donors (Lipinski definition) is 0. The van der Waals surface area contributed by atoms with E-state index in [-0.39, 0.29) is 0 Å². The molecule has 0 amide bonds. The average molecular weight is 166 g/mol. The smallest absolute Gasteiger partial charge is 0.0144 e. The van der Waals surface area contributed by atoms with Crippen LogP contribution in [0.5, 0.6) is 0 Å². The molecule has 0 aromatic carbocycles. The molecule has 0 heterocycles. The molecule has 0 heteroatoms. The van der Waals surface area contributed by atoms with E-state index in [1.807, 2.05) is 0 Å². The second kappa shape index (κ2) is 4.11. The van der Waals surface area contributed by atoms with Crippen LogP contribution in [-0.2, 0) is 0 Å². The molecule has 0 aliphatic heterocycles. The Morgan fingerprint density at radius 2 is 2.08 bits per heavy atom. The Bertz CT molecular complexity index is 140. The highest BCUT2D eigenvalue weighted by atomic mass is 14.4. The molecule has 0 radical (unpaired) electrons. The quantitative estimate of drug-likeness (QED) is 0.425. The topological polar surface area (TPSA) is 0 Å². The van der Waals surface area contributed by atoms with Crippen molar-refractivity contribution in [3.63, 3.8) is 0 Å². The average Bonchev–Trinajstić information content (AvgIpc) is 2.01. The van der Waals surface area contributed by atoms with Gasteiger partial charge in [-0.1, -0.05) is 45.6 Å². The lowest BCUT2D eigenvalue weighted by Crippen LogP contribution is -2.32. The van der Waals surface area contributed by atoms with Crippen LogP contribution in [0.4, 0.5) is 0 Å². The summed E-state index contributed by atoms with van der Waals surface area (Å²) in [5.41, 5.74) is 0.497. The summed E-state index contributed by atoms with van der Waals surface area (Å²) in [6, 6.07) is 0. The zero-order valence-electron chi connectivity index (χ0n) is 8.60. The van der Waals surface area contributed by atoms with Gasteiger partial charge >= 0.3 is 0 Å². The minimum absolute atomic E-state index is 0.497. The van der Waals surface area contributed by atoms with E-state index in [0.29, 0.717) is 5.41 Å². The molecule has 0 N–H and O–H groups in total. The second-order valence-corrected chi connectivity index (χ2v) is 4.63. The van der Waals surface area contributed by atoms with Gasteiger partial charge in [0, 0.05) is 0 Å². The Balaban J connectivity index is 2.05. The molecule has 0 unspecified atom stereocenters. The molecule has 70 valence electrons. The Kier molecular flexibility index (Phi) is 3.37. The zero-order chi connectivity index (χ0) is 9.03. The molecule has 0 nitrogen and oxygen atoms in total. The first-order valence-corrected chi connectivity index (χ1v) is 5.34. The fourth-order valence-electron chi connectivity index (χ4n) is 2.31. The predicted molar refractivity (Wildman–Crippen MR) is 55.2 cm³/mol. The van der Waals surface area contributed by atoms with E-state index in [0.717, 1.165) is 5.92 Å². The molecule has 1 rings (SSSR count). The second-order valence-electron chi connectivity index (χ2n) is 4.63. The normalized spacial score (nSPS) is 34.3. The maximum Gasteiger partial charge on any atom is -0.0144 e. The Morgan fingerprint density at radius 3 is 2.58 bits per heavy atom. The van der Waals surface area contributed by atoms with Gasteiger partial charge in [-0.3, -0.25) is 0 Å². The molecule has 0 bridgehead atoms. The lowest BCUT2D eigenvalue weighted by molar-refractivity contribution is 0.119. The SMILES string of the molecule is C=CC1(C)CC(CCCCC)C1. The minimum Gasteiger partial charge on any atom is -0.103 e. The van der Waals surface area contributed by atoms with Crippen molar-refractivity contribution in [2.75, 3.05) is 0 Å². The molecule has 1 aliphatic rings. The van der Waals surface area contributed by atoms with Gasteiger partial charge in [-0.15, -0.1) is 6.58 Å². The van der Waals surface area contributed by atoms with Crippen LogP contribution < -0.4 is 0 Å². The molecule has 1 aliphatic carbocycles. The van der Waals surface area contributed by atoms with Gasteiger partial charge in [0.25, 0.3) is 0 Å². The van der Waals surface area contributed by atoms with Crippen LogP contribution in [0.2, 0.25) is 0 Å². The highest BCUT2D eigenvalue weighted by Crippen LogP contribution is 2.48. The van der Waals surface area contributed by atoms with E-state index in [1.54, 1.807) is 0 Å². The third-order valence-electron chi connectivity index (χ3n) is 3.22. The van der Waals surface area contributed by atoms with Crippen molar-refractivity contribution < 1.29 is 0 Å². The largest absolute Gasteiger partial charge is 0.103 e. The van der Waals surface area contributed by atoms with Gasteiger partial charge < -0.3 is 0 Å². The van der Waals surface area contributed by atoms with E-state index in [2.05, 4.69) is 26.5 Å². The first kappa shape index (κ1) is 9.83. The first-order valence-electron chi connectivity index (χ1n) is 5.34. The Morgan fingerprint density at radius 1 is 1.42 bits per heavy atom. The summed E-state index contributed by atoms with van der Waals surface area (Å²) in [5, 5.41) is 0. The van der Waals surface area contributed by atoms with Crippen molar-refractivity contribution in [2.24, 2.45) is 11.3 Å². The van der Waals surface area contributed by atoms with Crippen LogP contribution in [-0.4, -0.2) is 0 Å². The van der Waals surface area contributed by atoms with E-state index < -0.39 is 0 Å². The Hall–Kier alpha value is -0.260. The zero-order valence-corrected chi connectivity index (χ0v) is 8.60. The van der Waals surface area contributed by atoms with Gasteiger partial charge in [0.2, 0.25) is 0 Å². The van der Waals surface area contributed by atoms with Crippen LogP contribution in [0.3, 0.4) is 0 Å². The number of allylic oxidation sites excluding steroid dienone is 1. The van der Waals surface area contributed by atoms with Crippen molar-refractivity contribution in [1.29, 1.82) is 0 Å². The van der Waals surface area contributed by atoms with Crippen molar-refractivity contribution in [2.45, 2.75) is 52.4 Å². The van der Waals surface area contributed by atoms with Crippen molar-refractivity contribution >= 4 is 0 Å². The summed E-state index contributed by atoms with van der Waals surface area (Å²) in [7, 11) is 0. The molecule has 12 heavy (non-hydrogen) atoms. The molecule has 0 aromatic rings. The van der Waals surface area contributed by atoms with Gasteiger partial charge in [-0.2, -0.15) is 0 Å². The van der Waals surface area contributed by atoms with Crippen molar-refractivity contribution in [1.82, 2.24) is 0 Å². The summed E-state index contributed by atoms with van der Waals surface area (Å²) < 4.78 is 0. The molecular formula is C12H22. The van der Waals surface area contributed by atoms with Crippen molar-refractivity contribution in [3.05, 3.63) is 12.7 Å². The molecule has 0 saturated heterocycles. The minimum atomic E-state index is 0.497. The lowest BCUT2D eigenvalue weighted by Gasteiger charge is -2.43. The summed E-state index contributed by atoms with van der Waals surface area (Å²) in [5.74, 6) is 1.01. The van der Waals surface area contributed by atoms with E-state index in [9.17, 15) is 0 Å². The molecule has 0 atom stereocenters. The van der Waals surface area contributed by atoms with Gasteiger partial charge in [0.05, 0.1) is 0 Å². The summed E-state index contributed by atoms with van der Waals surface area (Å²) >= 11 is 0. The van der Waals surface area contributed by atoms with Crippen LogP contribution in [0.15, 0.2) is 12.7 Å². The maximum atomic E-state index is 3.89. The Labute approximate surface area is 77.1 Å². The van der Waals surface area contributed by atoms with Crippen LogP contribution in [0.1, 0.15) is 52.4 Å². The van der Waals surface area contributed by atoms with Gasteiger partial charge in [-0.05, 0) is 24.2 Å². The summed E-state index contributed by atoms with van der Waals surface area (Å²) in [6.45, 7) is 8.49. The van der Waals surface area contributed by atoms with Gasteiger partial charge in [0.15, 0.2) is 0 Å². The monoisotopic (exact) mass is 166 g/mol. The van der Waals surface area contributed by atoms with Gasteiger partial charge in [0.1, 0.15) is 0 Å². The highest BCUT2D eigenvalue weighted by Gasteiger charge is 2.36. The molecule has 1 saturated carbocycles. The fourth-order valence-corrected chi connectivity index (χ4v) is 2.31.